The molecule has 0 saturated carbocycles. The zero-order chi connectivity index (χ0) is 23.3. The Labute approximate surface area is 192 Å². The van der Waals surface area contributed by atoms with E-state index in [1.165, 1.54) is 0 Å². The molecular formula is C25H27N5O3. The number of carbonyl (C=O) groups is 3. The standard InChI is InChI=1S/C25H27N5O3/c26-22(27)16-10-8-15(9-11-16)21-20-19(17-7-4-12-29(17)21)24(32)30(25(20)33)18(23(28)31)13-14-5-2-1-3-6-14/h1-3,5-6,8-11,17-21H,4,7,12-13H2,(H3,26,27)(H2,28,31). The molecule has 5 N–H and O–H groups in total. The Hall–Kier alpha value is -3.52. The zero-order valence-corrected chi connectivity index (χ0v) is 18.2. The molecule has 0 radical (unpaired) electrons. The predicted molar refractivity (Wildman–Crippen MR) is 122 cm³/mol. The number of nitrogens with one attached hydrogen (secondary N) is 1. The van der Waals surface area contributed by atoms with E-state index < -0.39 is 23.8 Å². The summed E-state index contributed by atoms with van der Waals surface area (Å²) in [5.74, 6) is -2.33. The van der Waals surface area contributed by atoms with Crippen molar-refractivity contribution >= 4 is 23.6 Å². The summed E-state index contributed by atoms with van der Waals surface area (Å²) in [5.41, 5.74) is 13.7. The first-order valence-electron chi connectivity index (χ1n) is 11.3. The Morgan fingerprint density at radius 1 is 1.00 bits per heavy atom. The van der Waals surface area contributed by atoms with Gasteiger partial charge in [-0.15, -0.1) is 0 Å². The first-order chi connectivity index (χ1) is 15.9. The van der Waals surface area contributed by atoms with E-state index >= 15 is 0 Å². The van der Waals surface area contributed by atoms with E-state index in [-0.39, 0.29) is 36.2 Å². The molecule has 3 amide bonds. The SMILES string of the molecule is N=C(N)c1ccc(C2C3C(=O)N(C(Cc4ccccc4)C(N)=O)C(=O)C3C3CCCN32)cc1. The minimum Gasteiger partial charge on any atom is -0.384 e. The molecule has 5 rings (SSSR count). The number of amidine groups is 1. The van der Waals surface area contributed by atoms with Gasteiger partial charge in [0.2, 0.25) is 17.7 Å². The van der Waals surface area contributed by atoms with Crippen LogP contribution in [0.3, 0.4) is 0 Å². The van der Waals surface area contributed by atoms with Gasteiger partial charge in [-0.3, -0.25) is 29.6 Å². The lowest BCUT2D eigenvalue weighted by Gasteiger charge is -2.31. The molecule has 0 bridgehead atoms. The molecular weight excluding hydrogens is 418 g/mol. The average molecular weight is 446 g/mol. The maximum atomic E-state index is 13.7. The molecule has 0 spiro atoms. The average Bonchev–Trinajstić information content (AvgIpc) is 3.45. The molecule has 5 unspecified atom stereocenters. The molecule has 3 aliphatic rings. The van der Waals surface area contributed by atoms with Gasteiger partial charge in [-0.2, -0.15) is 0 Å². The van der Waals surface area contributed by atoms with Crippen molar-refractivity contribution in [3.05, 3.63) is 71.3 Å². The van der Waals surface area contributed by atoms with Crippen LogP contribution in [0.15, 0.2) is 54.6 Å². The van der Waals surface area contributed by atoms with Gasteiger partial charge in [0, 0.05) is 24.1 Å². The maximum Gasteiger partial charge on any atom is 0.241 e. The molecule has 0 aromatic heterocycles. The quantitative estimate of drug-likeness (QED) is 0.349. The number of nitrogens with two attached hydrogens (primary N) is 2. The van der Waals surface area contributed by atoms with E-state index in [0.29, 0.717) is 5.56 Å². The van der Waals surface area contributed by atoms with Gasteiger partial charge >= 0.3 is 0 Å². The summed E-state index contributed by atoms with van der Waals surface area (Å²) in [4.78, 5) is 43.2. The van der Waals surface area contributed by atoms with Crippen LogP contribution in [-0.4, -0.2) is 52.0 Å². The number of carbonyl (C=O) groups excluding carboxylic acids is 3. The smallest absolute Gasteiger partial charge is 0.241 e. The summed E-state index contributed by atoms with van der Waals surface area (Å²) < 4.78 is 0. The number of imide groups is 1. The fourth-order valence-corrected chi connectivity index (χ4v) is 5.95. The molecule has 2 aromatic rings. The number of amides is 3. The van der Waals surface area contributed by atoms with Crippen molar-refractivity contribution in [3.63, 3.8) is 0 Å². The van der Waals surface area contributed by atoms with Crippen LogP contribution in [0.5, 0.6) is 0 Å². The molecule has 33 heavy (non-hydrogen) atoms. The highest BCUT2D eigenvalue weighted by atomic mass is 16.2. The second-order valence-electron chi connectivity index (χ2n) is 9.13. The summed E-state index contributed by atoms with van der Waals surface area (Å²) in [6.45, 7) is 0.820. The zero-order valence-electron chi connectivity index (χ0n) is 18.2. The van der Waals surface area contributed by atoms with Crippen LogP contribution in [0.1, 0.15) is 35.6 Å². The Morgan fingerprint density at radius 2 is 1.67 bits per heavy atom. The largest absolute Gasteiger partial charge is 0.384 e. The van der Waals surface area contributed by atoms with E-state index in [1.807, 2.05) is 42.5 Å². The van der Waals surface area contributed by atoms with Crippen LogP contribution in [0, 0.1) is 17.2 Å². The molecule has 5 atom stereocenters. The normalized spacial score (nSPS) is 27.5. The van der Waals surface area contributed by atoms with Crippen molar-refractivity contribution in [2.75, 3.05) is 6.54 Å². The maximum absolute atomic E-state index is 13.7. The highest BCUT2D eigenvalue weighted by molar-refractivity contribution is 6.09. The summed E-state index contributed by atoms with van der Waals surface area (Å²) in [6.07, 6.45) is 2.01. The van der Waals surface area contributed by atoms with Gasteiger partial charge < -0.3 is 11.5 Å². The topological polar surface area (TPSA) is 134 Å². The molecule has 0 aliphatic carbocycles. The summed E-state index contributed by atoms with van der Waals surface area (Å²) >= 11 is 0. The van der Waals surface area contributed by atoms with Crippen molar-refractivity contribution in [3.8, 4) is 0 Å². The van der Waals surface area contributed by atoms with Crippen molar-refractivity contribution in [1.29, 1.82) is 5.41 Å². The summed E-state index contributed by atoms with van der Waals surface area (Å²) in [7, 11) is 0. The number of primary amides is 1. The summed E-state index contributed by atoms with van der Waals surface area (Å²) in [6, 6.07) is 15.3. The number of fused-ring (bicyclic) bond motifs is 3. The third-order valence-corrected chi connectivity index (χ3v) is 7.36. The second-order valence-corrected chi connectivity index (χ2v) is 9.13. The number of rotatable bonds is 6. The number of benzene rings is 2. The lowest BCUT2D eigenvalue weighted by atomic mass is 9.85. The Morgan fingerprint density at radius 3 is 2.30 bits per heavy atom. The molecule has 3 heterocycles. The van der Waals surface area contributed by atoms with Gasteiger partial charge in [0.25, 0.3) is 0 Å². The Balaban J connectivity index is 1.50. The van der Waals surface area contributed by atoms with Gasteiger partial charge in [0.1, 0.15) is 11.9 Å². The lowest BCUT2D eigenvalue weighted by Crippen LogP contribution is -2.51. The van der Waals surface area contributed by atoms with Gasteiger partial charge in [-0.05, 0) is 30.5 Å². The van der Waals surface area contributed by atoms with Gasteiger partial charge in [-0.1, -0.05) is 54.6 Å². The van der Waals surface area contributed by atoms with Crippen LogP contribution in [-0.2, 0) is 20.8 Å². The number of likely N-dealkylation sites (tertiary alicyclic amines) is 1. The van der Waals surface area contributed by atoms with Gasteiger partial charge in [0.15, 0.2) is 0 Å². The highest BCUT2D eigenvalue weighted by Gasteiger charge is 2.64. The number of hydrogen-bond acceptors (Lipinski definition) is 5. The first-order valence-corrected chi connectivity index (χ1v) is 11.3. The molecule has 3 fully saturated rings. The van der Waals surface area contributed by atoms with Crippen LogP contribution >= 0.6 is 0 Å². The third kappa shape index (κ3) is 3.41. The number of nitrogens with zero attached hydrogens (tertiary/aromatic N) is 2. The van der Waals surface area contributed by atoms with E-state index in [1.54, 1.807) is 12.1 Å². The van der Waals surface area contributed by atoms with Crippen LogP contribution in [0.4, 0.5) is 0 Å². The third-order valence-electron chi connectivity index (χ3n) is 7.36. The van der Waals surface area contributed by atoms with Crippen molar-refractivity contribution in [2.45, 2.75) is 37.4 Å². The van der Waals surface area contributed by atoms with E-state index in [4.69, 9.17) is 16.9 Å². The molecule has 2 aromatic carbocycles. The second kappa shape index (κ2) is 8.12. The van der Waals surface area contributed by atoms with Gasteiger partial charge in [0.05, 0.1) is 11.8 Å². The molecule has 8 nitrogen and oxygen atoms in total. The first kappa shape index (κ1) is 21.3. The van der Waals surface area contributed by atoms with Crippen molar-refractivity contribution in [1.82, 2.24) is 9.80 Å². The Bertz CT molecular complexity index is 1120. The van der Waals surface area contributed by atoms with Crippen molar-refractivity contribution < 1.29 is 14.4 Å². The number of hydrogen-bond donors (Lipinski definition) is 3. The van der Waals surface area contributed by atoms with E-state index in [9.17, 15) is 14.4 Å². The van der Waals surface area contributed by atoms with Gasteiger partial charge in [-0.25, -0.2) is 0 Å². The fourth-order valence-electron chi connectivity index (χ4n) is 5.95. The minimum absolute atomic E-state index is 0.0200. The van der Waals surface area contributed by atoms with Crippen molar-refractivity contribution in [2.24, 2.45) is 23.3 Å². The Kier molecular flexibility index (Phi) is 5.25. The molecule has 170 valence electrons. The highest BCUT2D eigenvalue weighted by Crippen LogP contribution is 2.53. The number of nitrogen functional groups attached to an aromatic ring is 1. The monoisotopic (exact) mass is 445 g/mol. The van der Waals surface area contributed by atoms with E-state index in [0.717, 1.165) is 35.4 Å². The predicted octanol–water partition coefficient (Wildman–Crippen LogP) is 1.19. The van der Waals surface area contributed by atoms with Crippen LogP contribution < -0.4 is 11.5 Å². The molecule has 8 heteroatoms. The van der Waals surface area contributed by atoms with Crippen LogP contribution in [0.25, 0.3) is 0 Å². The molecule has 3 saturated heterocycles. The minimum atomic E-state index is -1.01. The van der Waals surface area contributed by atoms with Crippen LogP contribution in [0.2, 0.25) is 0 Å². The fraction of sp³-hybridized carbons (Fsp3) is 0.360. The lowest BCUT2D eigenvalue weighted by molar-refractivity contribution is -0.148. The summed E-state index contributed by atoms with van der Waals surface area (Å²) in [5, 5.41) is 7.63. The molecule has 3 aliphatic heterocycles. The van der Waals surface area contributed by atoms with E-state index in [2.05, 4.69) is 4.90 Å².